The monoisotopic (exact) mass is 831 g/mol. The Morgan fingerprint density at radius 2 is 1.48 bits per heavy atom. The number of anilines is 1. The molecular formula is C48H58FN7O5. The Balaban J connectivity index is 0.000000213. The quantitative estimate of drug-likeness (QED) is 0.0394. The Hall–Kier alpha value is -5.99. The number of β-amino-alcohol motifs (C(OH)–C–C–N with tert-alkyl or cyclic N) is 2. The second kappa shape index (κ2) is 20.0. The van der Waals surface area contributed by atoms with Crippen LogP contribution in [-0.4, -0.2) is 71.2 Å². The molecule has 0 spiro atoms. The van der Waals surface area contributed by atoms with Gasteiger partial charge in [-0.3, -0.25) is 0 Å². The largest absolute Gasteiger partial charge is 0.508 e. The molecule has 61 heavy (non-hydrogen) atoms. The van der Waals surface area contributed by atoms with E-state index in [0.29, 0.717) is 18.8 Å². The molecule has 0 aliphatic rings. The maximum Gasteiger partial charge on any atom is 0.138 e. The third-order valence-electron chi connectivity index (χ3n) is 10.9. The number of aromatic amines is 1. The van der Waals surface area contributed by atoms with Crippen molar-refractivity contribution in [3.63, 3.8) is 0 Å². The number of aromatic hydroxyl groups is 2. The van der Waals surface area contributed by atoms with Gasteiger partial charge in [0.1, 0.15) is 28.9 Å². The third-order valence-corrected chi connectivity index (χ3v) is 10.9. The first-order valence-corrected chi connectivity index (χ1v) is 20.6. The number of phenolic OH excluding ortho intramolecular Hbond substituents is 2. The molecule has 5 aromatic carbocycles. The van der Waals surface area contributed by atoms with Crippen LogP contribution in [0.15, 0.2) is 116 Å². The molecule has 7 aromatic rings. The fourth-order valence-corrected chi connectivity index (χ4v) is 6.92. The van der Waals surface area contributed by atoms with E-state index in [4.69, 9.17) is 4.74 Å². The Morgan fingerprint density at radius 3 is 2.20 bits per heavy atom. The lowest BCUT2D eigenvalue weighted by molar-refractivity contribution is 0.154. The van der Waals surface area contributed by atoms with E-state index in [9.17, 15) is 24.8 Å². The van der Waals surface area contributed by atoms with Crippen LogP contribution in [0.25, 0.3) is 22.1 Å². The molecule has 0 fully saturated rings. The summed E-state index contributed by atoms with van der Waals surface area (Å²) in [5, 5.41) is 50.6. The van der Waals surface area contributed by atoms with Gasteiger partial charge in [-0.1, -0.05) is 42.5 Å². The predicted molar refractivity (Wildman–Crippen MR) is 239 cm³/mol. The Morgan fingerprint density at radius 1 is 0.787 bits per heavy atom. The van der Waals surface area contributed by atoms with E-state index < -0.39 is 18.0 Å². The highest BCUT2D eigenvalue weighted by molar-refractivity contribution is 5.75. The molecule has 0 saturated carbocycles. The summed E-state index contributed by atoms with van der Waals surface area (Å²) in [5.41, 5.74) is 6.20. The first-order chi connectivity index (χ1) is 29.2. The second-order valence-electron chi connectivity index (χ2n) is 16.6. The van der Waals surface area contributed by atoms with Gasteiger partial charge in [-0.15, -0.1) is 0 Å². The number of H-pyrrole nitrogens is 1. The zero-order chi connectivity index (χ0) is 43.6. The molecule has 2 unspecified atom stereocenters. The molecule has 13 heteroatoms. The number of imidazole rings is 2. The summed E-state index contributed by atoms with van der Waals surface area (Å²) in [6, 6.07) is 32.7. The smallest absolute Gasteiger partial charge is 0.138 e. The van der Waals surface area contributed by atoms with Crippen LogP contribution in [0.4, 0.5) is 10.1 Å². The van der Waals surface area contributed by atoms with E-state index in [1.165, 1.54) is 12.1 Å². The standard InChI is InChI=1S/C28H34N4O3.C20H24FN3O2/c1-28(2,15-14-27-31-22-6-4-5-7-23(22)32-27)30-18-26(34)20-10-13-25(33)24(16-20)29-17-19-8-11-21(35-3)12-9-19;1-20(2,9-10-24-13-22-17-5-3-4-6-18(17)24)23-12-19(26)15-8-7-14(25)11-16(15)21/h4-13,16,26,29-30,33-34H,14-15,17-18H2,1-3H3,(H,31,32);3-8,11,13,19,23,25-26H,9-10,12H2,1-2H3. The van der Waals surface area contributed by atoms with E-state index in [1.807, 2.05) is 93.0 Å². The summed E-state index contributed by atoms with van der Waals surface area (Å²) in [6.07, 6.45) is 2.64. The molecule has 0 aliphatic carbocycles. The fourth-order valence-electron chi connectivity index (χ4n) is 6.92. The van der Waals surface area contributed by atoms with Gasteiger partial charge in [0.05, 0.1) is 53.4 Å². The molecule has 0 aliphatic heterocycles. The van der Waals surface area contributed by atoms with E-state index in [0.717, 1.165) is 76.6 Å². The molecule has 2 aromatic heterocycles. The van der Waals surface area contributed by atoms with E-state index >= 15 is 0 Å². The Bertz CT molecular complexity index is 2450. The van der Waals surface area contributed by atoms with Crippen molar-refractivity contribution in [2.45, 2.75) is 83.3 Å². The van der Waals surface area contributed by atoms with Gasteiger partial charge >= 0.3 is 0 Å². The number of nitrogens with zero attached hydrogens (tertiary/aromatic N) is 3. The highest BCUT2D eigenvalue weighted by Gasteiger charge is 2.22. The highest BCUT2D eigenvalue weighted by Crippen LogP contribution is 2.29. The number of hydrogen-bond acceptors (Lipinski definition) is 10. The zero-order valence-electron chi connectivity index (χ0n) is 35.5. The van der Waals surface area contributed by atoms with Gasteiger partial charge in [-0.25, -0.2) is 14.4 Å². The number of benzene rings is 5. The fraction of sp³-hybridized carbons (Fsp3) is 0.333. The number of phenols is 2. The number of fused-ring (bicyclic) bond motifs is 2. The van der Waals surface area contributed by atoms with E-state index in [-0.39, 0.29) is 34.7 Å². The summed E-state index contributed by atoms with van der Waals surface area (Å²) >= 11 is 0. The van der Waals surface area contributed by atoms with Gasteiger partial charge in [0.15, 0.2) is 0 Å². The van der Waals surface area contributed by atoms with Crippen LogP contribution in [0.3, 0.4) is 0 Å². The number of aliphatic hydroxyl groups is 2. The van der Waals surface area contributed by atoms with Crippen molar-refractivity contribution >= 4 is 27.8 Å². The van der Waals surface area contributed by atoms with Gasteiger partial charge in [0.25, 0.3) is 0 Å². The normalized spacial score (nSPS) is 12.9. The molecule has 0 radical (unpaired) electrons. The van der Waals surface area contributed by atoms with Gasteiger partial charge < -0.3 is 50.7 Å². The summed E-state index contributed by atoms with van der Waals surface area (Å²) in [5.74, 6) is 1.15. The topological polar surface area (TPSA) is 173 Å². The second-order valence-corrected chi connectivity index (χ2v) is 16.6. The average Bonchev–Trinajstić information content (AvgIpc) is 3.88. The molecule has 322 valence electrons. The molecule has 7 rings (SSSR count). The first kappa shape index (κ1) is 44.6. The van der Waals surface area contributed by atoms with Crippen molar-refractivity contribution in [2.75, 3.05) is 25.5 Å². The van der Waals surface area contributed by atoms with Crippen LogP contribution in [0.5, 0.6) is 17.2 Å². The first-order valence-electron chi connectivity index (χ1n) is 20.6. The van der Waals surface area contributed by atoms with Crippen LogP contribution < -0.4 is 20.7 Å². The maximum atomic E-state index is 13.8. The predicted octanol–water partition coefficient (Wildman–Crippen LogP) is 8.30. The number of ether oxygens (including phenoxy) is 1. The Kier molecular flexibility index (Phi) is 14.6. The van der Waals surface area contributed by atoms with E-state index in [1.54, 1.807) is 25.3 Å². The van der Waals surface area contributed by atoms with Crippen LogP contribution in [0, 0.1) is 5.82 Å². The van der Waals surface area contributed by atoms with E-state index in [2.05, 4.69) is 49.3 Å². The molecule has 12 nitrogen and oxygen atoms in total. The van der Waals surface area contributed by atoms with Crippen molar-refractivity contribution in [3.8, 4) is 17.2 Å². The lowest BCUT2D eigenvalue weighted by Gasteiger charge is -2.28. The van der Waals surface area contributed by atoms with Crippen molar-refractivity contribution in [1.82, 2.24) is 30.2 Å². The molecule has 8 N–H and O–H groups in total. The number of aryl methyl sites for hydroxylation is 2. The number of nitrogens with one attached hydrogen (secondary N) is 4. The lowest BCUT2D eigenvalue weighted by atomic mass is 9.97. The van der Waals surface area contributed by atoms with Crippen molar-refractivity contribution in [3.05, 3.63) is 144 Å². The maximum absolute atomic E-state index is 13.8. The molecule has 2 atom stereocenters. The van der Waals surface area contributed by atoms with Crippen LogP contribution in [-0.2, 0) is 19.5 Å². The summed E-state index contributed by atoms with van der Waals surface area (Å²) in [6.45, 7) is 10.3. The number of para-hydroxylation sites is 4. The molecule has 2 heterocycles. The van der Waals surface area contributed by atoms with Crippen LogP contribution in [0.1, 0.15) is 75.3 Å². The lowest BCUT2D eigenvalue weighted by Crippen LogP contribution is -2.42. The number of aromatic nitrogens is 4. The SMILES string of the molecule is CC(C)(CCn1cnc2ccccc21)NCC(O)c1ccc(O)cc1F.COc1ccc(CNc2cc(C(O)CNC(C)(C)CCc3nc4ccccc4[nH]3)ccc2O)cc1. The van der Waals surface area contributed by atoms with Crippen molar-refractivity contribution in [1.29, 1.82) is 0 Å². The van der Waals surface area contributed by atoms with Crippen LogP contribution in [0.2, 0.25) is 0 Å². The van der Waals surface area contributed by atoms with Gasteiger partial charge in [-0.2, -0.15) is 0 Å². The molecular weight excluding hydrogens is 774 g/mol. The molecule has 0 bridgehead atoms. The van der Waals surface area contributed by atoms with Gasteiger partial charge in [-0.05, 0) is 112 Å². The number of hydrogen-bond donors (Lipinski definition) is 8. The third kappa shape index (κ3) is 12.5. The van der Waals surface area contributed by atoms with Crippen LogP contribution >= 0.6 is 0 Å². The minimum Gasteiger partial charge on any atom is -0.508 e. The minimum atomic E-state index is -0.982. The molecule has 0 saturated heterocycles. The summed E-state index contributed by atoms with van der Waals surface area (Å²) in [7, 11) is 1.64. The zero-order valence-corrected chi connectivity index (χ0v) is 35.5. The number of aliphatic hydroxyl groups excluding tert-OH is 2. The highest BCUT2D eigenvalue weighted by atomic mass is 19.1. The van der Waals surface area contributed by atoms with Gasteiger partial charge in [0.2, 0.25) is 0 Å². The summed E-state index contributed by atoms with van der Waals surface area (Å²) < 4.78 is 21.1. The average molecular weight is 832 g/mol. The number of halogens is 1. The number of methoxy groups -OCH3 is 1. The van der Waals surface area contributed by atoms with Crippen molar-refractivity contribution in [2.24, 2.45) is 0 Å². The van der Waals surface area contributed by atoms with Gasteiger partial charge in [0, 0.05) is 55.3 Å². The summed E-state index contributed by atoms with van der Waals surface area (Å²) in [4.78, 5) is 12.4. The molecule has 0 amide bonds. The number of rotatable bonds is 18. The Labute approximate surface area is 356 Å². The van der Waals surface area contributed by atoms with Crippen molar-refractivity contribution < 1.29 is 29.6 Å². The minimum absolute atomic E-state index is 0.147.